The van der Waals surface area contributed by atoms with E-state index in [0.717, 1.165) is 29.3 Å². The van der Waals surface area contributed by atoms with Gasteiger partial charge in [-0.3, -0.25) is 24.0 Å². The van der Waals surface area contributed by atoms with E-state index in [-0.39, 0.29) is 61.1 Å². The minimum absolute atomic E-state index is 0.0199. The zero-order chi connectivity index (χ0) is 39.2. The highest BCUT2D eigenvalue weighted by atomic mass is 16.5. The Hall–Kier alpha value is -4.36. The van der Waals surface area contributed by atoms with E-state index in [4.69, 9.17) is 4.74 Å². The molecule has 6 N–H and O–H groups in total. The quantitative estimate of drug-likeness (QED) is 0.164. The number of ketones is 2. The minimum Gasteiger partial charge on any atom is -0.480 e. The molecular weight excluding hydrogens is 694 g/mol. The Morgan fingerprint density at radius 3 is 2.48 bits per heavy atom. The first-order valence-electron chi connectivity index (χ1n) is 19.2. The van der Waals surface area contributed by atoms with Crippen molar-refractivity contribution in [2.24, 2.45) is 34.5 Å². The van der Waals surface area contributed by atoms with E-state index in [0.29, 0.717) is 24.8 Å². The summed E-state index contributed by atoms with van der Waals surface area (Å²) in [6, 6.07) is 5.07. The first kappa shape index (κ1) is 39.3. The van der Waals surface area contributed by atoms with Gasteiger partial charge in [0.05, 0.1) is 12.5 Å². The van der Waals surface area contributed by atoms with Gasteiger partial charge < -0.3 is 35.7 Å². The summed E-state index contributed by atoms with van der Waals surface area (Å²) in [6.07, 6.45) is 5.61. The summed E-state index contributed by atoms with van der Waals surface area (Å²) in [7, 11) is 0. The summed E-state index contributed by atoms with van der Waals surface area (Å²) in [5.74, 6) is -4.32. The largest absolute Gasteiger partial charge is 0.480 e. The van der Waals surface area contributed by atoms with E-state index < -0.39 is 71.3 Å². The van der Waals surface area contributed by atoms with Crippen molar-refractivity contribution in [2.75, 3.05) is 6.61 Å². The van der Waals surface area contributed by atoms with E-state index in [1.54, 1.807) is 26.1 Å². The number of carboxylic acid groups (broad SMARTS) is 1. The molecule has 4 aliphatic rings. The minimum atomic E-state index is -1.80. The lowest BCUT2D eigenvalue weighted by Crippen LogP contribution is -2.62. The number of rotatable bonds is 13. The molecule has 1 heterocycles. The molecule has 0 bridgehead atoms. The predicted octanol–water partition coefficient (Wildman–Crippen LogP) is 3.55. The number of nitrogens with one attached hydrogen (secondary N) is 3. The van der Waals surface area contributed by atoms with Gasteiger partial charge in [0.25, 0.3) is 0 Å². The topological polar surface area (TPSA) is 212 Å². The average molecular weight is 748 g/mol. The van der Waals surface area contributed by atoms with Crippen LogP contribution in [0.25, 0.3) is 10.9 Å². The second kappa shape index (κ2) is 15.1. The number of para-hydroxylation sites is 1. The number of esters is 1. The molecule has 292 valence electrons. The third-order valence-electron chi connectivity index (χ3n) is 13.4. The van der Waals surface area contributed by atoms with Crippen LogP contribution in [0.1, 0.15) is 91.0 Å². The summed E-state index contributed by atoms with van der Waals surface area (Å²) in [5, 5.41) is 39.4. The molecule has 3 saturated carbocycles. The second-order valence-corrected chi connectivity index (χ2v) is 16.8. The maximum Gasteiger partial charge on any atom is 0.326 e. The molecule has 9 atom stereocenters. The van der Waals surface area contributed by atoms with E-state index in [1.165, 1.54) is 0 Å². The van der Waals surface area contributed by atoms with Crippen molar-refractivity contribution in [1.29, 1.82) is 0 Å². The molecule has 0 spiro atoms. The van der Waals surface area contributed by atoms with Gasteiger partial charge in [0.1, 0.15) is 17.7 Å². The van der Waals surface area contributed by atoms with Crippen molar-refractivity contribution in [3.63, 3.8) is 0 Å². The normalized spacial score (nSPS) is 31.4. The summed E-state index contributed by atoms with van der Waals surface area (Å²) in [5.41, 5.74) is -0.389. The fraction of sp³-hybridized carbons (Fsp3) is 0.610. The Kier molecular flexibility index (Phi) is 11.0. The van der Waals surface area contributed by atoms with E-state index >= 15 is 0 Å². The number of ether oxygens (including phenoxy) is 1. The highest BCUT2D eigenvalue weighted by Gasteiger charge is 2.68. The molecule has 2 amide bonds. The van der Waals surface area contributed by atoms with Crippen LogP contribution in [-0.4, -0.2) is 86.0 Å². The van der Waals surface area contributed by atoms with Gasteiger partial charge in [-0.1, -0.05) is 51.5 Å². The molecule has 13 heteroatoms. The molecule has 0 aliphatic heterocycles. The molecular formula is C41H53N3O10. The number of Topliss-reactive ketones (excluding diaryl/α,β-unsaturated/α-hetero) is 1. The number of aliphatic hydroxyl groups excluding tert-OH is 1. The molecule has 0 saturated heterocycles. The first-order valence-corrected chi connectivity index (χ1v) is 19.2. The molecule has 0 unspecified atom stereocenters. The number of benzene rings is 1. The lowest BCUT2D eigenvalue weighted by Gasteiger charge is -2.60. The van der Waals surface area contributed by atoms with Crippen LogP contribution in [0.15, 0.2) is 42.1 Å². The Morgan fingerprint density at radius 2 is 1.76 bits per heavy atom. The van der Waals surface area contributed by atoms with Gasteiger partial charge >= 0.3 is 11.9 Å². The molecule has 6 rings (SSSR count). The van der Waals surface area contributed by atoms with Crippen LogP contribution in [-0.2, 0) is 39.9 Å². The number of carboxylic acids is 1. The number of aliphatic hydroxyl groups is 2. The van der Waals surface area contributed by atoms with E-state index in [1.807, 2.05) is 31.2 Å². The number of H-pyrrole nitrogens is 1. The lowest BCUT2D eigenvalue weighted by molar-refractivity contribution is -0.184. The van der Waals surface area contributed by atoms with Gasteiger partial charge in [-0.2, -0.15) is 0 Å². The van der Waals surface area contributed by atoms with Crippen molar-refractivity contribution < 1.29 is 48.8 Å². The van der Waals surface area contributed by atoms with Gasteiger partial charge in [0.15, 0.2) is 12.4 Å². The van der Waals surface area contributed by atoms with Crippen LogP contribution < -0.4 is 10.6 Å². The van der Waals surface area contributed by atoms with Crippen molar-refractivity contribution in [1.82, 2.24) is 15.6 Å². The lowest BCUT2D eigenvalue weighted by atomic mass is 9.45. The molecule has 3 fully saturated rings. The first-order chi connectivity index (χ1) is 25.5. The van der Waals surface area contributed by atoms with Crippen molar-refractivity contribution in [3.8, 4) is 0 Å². The highest BCUT2D eigenvalue weighted by Crippen LogP contribution is 2.67. The van der Waals surface area contributed by atoms with Crippen LogP contribution in [0, 0.1) is 34.5 Å². The van der Waals surface area contributed by atoms with E-state index in [9.17, 15) is 44.1 Å². The SMILES string of the molecule is CC(C)[C@H](NC(=O)CCC(=O)OCC(=O)[C@@]1(O)CC[C@@H]2[C@@H]3CCC4=CC(=O)CC[C@]4(C)[C@@H]3[C@H](O)C[C@@]21C)C(=O)N[C@@H](Cc1c[nH]c2ccccc12)C(=O)O. The molecule has 0 radical (unpaired) electrons. The van der Waals surface area contributed by atoms with E-state index in [2.05, 4.69) is 22.5 Å². The third kappa shape index (κ3) is 7.12. The van der Waals surface area contributed by atoms with Crippen LogP contribution >= 0.6 is 0 Å². The Bertz CT molecular complexity index is 1870. The monoisotopic (exact) mass is 747 g/mol. The number of aromatic amines is 1. The summed E-state index contributed by atoms with van der Waals surface area (Å²) >= 11 is 0. The van der Waals surface area contributed by atoms with Gasteiger partial charge in [-0.05, 0) is 85.3 Å². The number of aromatic nitrogens is 1. The number of carbonyl (C=O) groups excluding carboxylic acids is 5. The maximum atomic E-state index is 13.6. The van der Waals surface area contributed by atoms with Gasteiger partial charge in [0.2, 0.25) is 17.6 Å². The zero-order valence-corrected chi connectivity index (χ0v) is 31.5. The van der Waals surface area contributed by atoms with Crippen LogP contribution in [0.2, 0.25) is 0 Å². The Balaban J connectivity index is 1.01. The summed E-state index contributed by atoms with van der Waals surface area (Å²) < 4.78 is 5.27. The number of fused-ring (bicyclic) bond motifs is 6. The zero-order valence-electron chi connectivity index (χ0n) is 31.5. The Labute approximate surface area is 314 Å². The summed E-state index contributed by atoms with van der Waals surface area (Å²) in [4.78, 5) is 79.9. The maximum absolute atomic E-state index is 13.6. The molecule has 1 aromatic carbocycles. The summed E-state index contributed by atoms with van der Waals surface area (Å²) in [6.45, 7) is 6.71. The van der Waals surface area contributed by atoms with Crippen molar-refractivity contribution in [2.45, 2.75) is 116 Å². The van der Waals surface area contributed by atoms with Gasteiger partial charge in [-0.25, -0.2) is 4.79 Å². The number of carbonyl (C=O) groups is 6. The second-order valence-electron chi connectivity index (χ2n) is 16.8. The number of allylic oxidation sites excluding steroid dienone is 1. The Morgan fingerprint density at radius 1 is 1.02 bits per heavy atom. The number of amides is 2. The van der Waals surface area contributed by atoms with Crippen LogP contribution in [0.5, 0.6) is 0 Å². The molecule has 2 aromatic rings. The number of hydrogen-bond acceptors (Lipinski definition) is 9. The standard InChI is InChI=1S/C41H53N3O10/c1-22(2)36(37(50)43-30(38(51)52)17-23-20-42-29-8-6-5-7-26(23)29)44-33(48)11-12-34(49)54-21-32(47)41(53)16-14-28-27-10-9-24-18-25(45)13-15-39(24,3)35(27)31(46)19-40(28,41)4/h5-8,18,20,22,27-28,30-31,35-36,42,46,53H,9-17,19,21H2,1-4H3,(H,43,50)(H,44,48)(H,51,52)/t27-,28+,30-,31+,35-,36-,39-,40-,41-/m0/s1. The molecule has 1 aromatic heterocycles. The molecule has 4 aliphatic carbocycles. The molecule has 13 nitrogen and oxygen atoms in total. The average Bonchev–Trinajstić information content (AvgIpc) is 3.65. The third-order valence-corrected chi connectivity index (χ3v) is 13.4. The smallest absolute Gasteiger partial charge is 0.326 e. The fourth-order valence-corrected chi connectivity index (χ4v) is 10.5. The predicted molar refractivity (Wildman–Crippen MR) is 197 cm³/mol. The van der Waals surface area contributed by atoms with Crippen molar-refractivity contribution in [3.05, 3.63) is 47.7 Å². The highest BCUT2D eigenvalue weighted by molar-refractivity contribution is 5.93. The van der Waals surface area contributed by atoms with Crippen LogP contribution in [0.4, 0.5) is 0 Å². The fourth-order valence-electron chi connectivity index (χ4n) is 10.5. The van der Waals surface area contributed by atoms with Gasteiger partial charge in [0, 0.05) is 41.8 Å². The van der Waals surface area contributed by atoms with Crippen molar-refractivity contribution >= 4 is 46.2 Å². The van der Waals surface area contributed by atoms with Gasteiger partial charge in [-0.15, -0.1) is 0 Å². The van der Waals surface area contributed by atoms with Crippen LogP contribution in [0.3, 0.4) is 0 Å². The molecule has 54 heavy (non-hydrogen) atoms. The number of aliphatic carboxylic acids is 1. The number of hydrogen-bond donors (Lipinski definition) is 6.